The van der Waals surface area contributed by atoms with Gasteiger partial charge < -0.3 is 14.2 Å². The van der Waals surface area contributed by atoms with Gasteiger partial charge in [0, 0.05) is 10.5 Å². The second kappa shape index (κ2) is 10.7. The second-order valence-electron chi connectivity index (χ2n) is 7.92. The molecule has 0 bridgehead atoms. The summed E-state index contributed by atoms with van der Waals surface area (Å²) in [7, 11) is 0. The van der Waals surface area contributed by atoms with Crippen LogP contribution >= 0.6 is 22.6 Å². The van der Waals surface area contributed by atoms with Gasteiger partial charge in [0.2, 0.25) is 6.79 Å². The summed E-state index contributed by atoms with van der Waals surface area (Å²) >= 11 is 2.60. The summed E-state index contributed by atoms with van der Waals surface area (Å²) in [6.07, 6.45) is 13.7. The molecule has 3 rings (SSSR count). The van der Waals surface area contributed by atoms with Gasteiger partial charge in [-0.2, -0.15) is 0 Å². The Bertz CT molecular complexity index is 610. The Morgan fingerprint density at radius 1 is 1.22 bits per heavy atom. The highest BCUT2D eigenvalue weighted by Gasteiger charge is 2.24. The van der Waals surface area contributed by atoms with Crippen LogP contribution in [0.2, 0.25) is 0 Å². The summed E-state index contributed by atoms with van der Waals surface area (Å²) < 4.78 is 17.4. The number of fused-ring (bicyclic) bond motifs is 1. The summed E-state index contributed by atoms with van der Waals surface area (Å²) in [5.41, 5.74) is 1.34. The molecule has 0 radical (unpaired) electrons. The molecule has 150 valence electrons. The van der Waals surface area contributed by atoms with Crippen molar-refractivity contribution >= 4 is 22.6 Å². The van der Waals surface area contributed by atoms with Gasteiger partial charge in [0.05, 0.1) is 6.10 Å². The van der Waals surface area contributed by atoms with Crippen LogP contribution in [0.1, 0.15) is 68.3 Å². The molecule has 1 saturated heterocycles. The van der Waals surface area contributed by atoms with Crippen molar-refractivity contribution < 1.29 is 14.2 Å². The van der Waals surface area contributed by atoms with E-state index in [-0.39, 0.29) is 0 Å². The molecule has 2 heterocycles. The minimum absolute atomic E-state index is 0.342. The Labute approximate surface area is 178 Å². The Hall–Kier alpha value is -0.750. The summed E-state index contributed by atoms with van der Waals surface area (Å²) in [4.78, 5) is 0. The highest BCUT2D eigenvalue weighted by atomic mass is 127. The van der Waals surface area contributed by atoms with Crippen molar-refractivity contribution in [1.82, 2.24) is 0 Å². The normalized spacial score (nSPS) is 22.7. The molecule has 27 heavy (non-hydrogen) atoms. The third-order valence-electron chi connectivity index (χ3n) is 5.97. The number of allylic oxidation sites excluding steroid dienone is 2. The van der Waals surface area contributed by atoms with Crippen LogP contribution in [0.4, 0.5) is 0 Å². The van der Waals surface area contributed by atoms with E-state index in [0.717, 1.165) is 24.5 Å². The molecule has 4 atom stereocenters. The number of hydrogen-bond acceptors (Lipinski definition) is 3. The zero-order valence-corrected chi connectivity index (χ0v) is 18.8. The SMILES string of the molecule is C/C=C/CC(CC(I)c1ccc2c(c1)OCO2)C(C)CCC1CCCCO1. The maximum absolute atomic E-state index is 5.94. The third kappa shape index (κ3) is 6.11. The van der Waals surface area contributed by atoms with Gasteiger partial charge in [-0.3, -0.25) is 0 Å². The lowest BCUT2D eigenvalue weighted by molar-refractivity contribution is 0.00648. The van der Waals surface area contributed by atoms with E-state index in [1.165, 1.54) is 44.1 Å². The molecule has 0 saturated carbocycles. The van der Waals surface area contributed by atoms with E-state index in [0.29, 0.717) is 28.7 Å². The summed E-state index contributed by atoms with van der Waals surface area (Å²) in [5.74, 6) is 3.16. The van der Waals surface area contributed by atoms with Crippen molar-refractivity contribution in [3.63, 3.8) is 0 Å². The van der Waals surface area contributed by atoms with Crippen molar-refractivity contribution in [2.45, 2.75) is 68.8 Å². The quantitative estimate of drug-likeness (QED) is 0.218. The van der Waals surface area contributed by atoms with E-state index in [4.69, 9.17) is 14.2 Å². The Morgan fingerprint density at radius 2 is 2.07 bits per heavy atom. The number of alkyl halides is 1. The summed E-state index contributed by atoms with van der Waals surface area (Å²) in [5, 5.41) is 0. The predicted octanol–water partition coefficient (Wildman–Crippen LogP) is 6.85. The molecule has 0 aliphatic carbocycles. The van der Waals surface area contributed by atoms with Crippen molar-refractivity contribution in [3.05, 3.63) is 35.9 Å². The van der Waals surface area contributed by atoms with E-state index >= 15 is 0 Å². The van der Waals surface area contributed by atoms with Gasteiger partial charge in [-0.15, -0.1) is 0 Å². The van der Waals surface area contributed by atoms with Gasteiger partial charge in [0.15, 0.2) is 11.5 Å². The first-order valence-electron chi connectivity index (χ1n) is 10.4. The molecule has 2 aliphatic heterocycles. The fraction of sp³-hybridized carbons (Fsp3) is 0.652. The second-order valence-corrected chi connectivity index (χ2v) is 9.43. The van der Waals surface area contributed by atoms with Gasteiger partial charge in [0.1, 0.15) is 0 Å². The fourth-order valence-electron chi connectivity index (χ4n) is 4.10. The van der Waals surface area contributed by atoms with E-state index in [1.807, 2.05) is 6.07 Å². The summed E-state index contributed by atoms with van der Waals surface area (Å²) in [6.45, 7) is 5.85. The average Bonchev–Trinajstić information content (AvgIpc) is 3.17. The number of ether oxygens (including phenoxy) is 3. The van der Waals surface area contributed by atoms with Crippen LogP contribution in [0.5, 0.6) is 11.5 Å². The fourth-order valence-corrected chi connectivity index (χ4v) is 5.14. The first-order valence-corrected chi connectivity index (χ1v) is 11.7. The third-order valence-corrected chi connectivity index (χ3v) is 7.19. The summed E-state index contributed by atoms with van der Waals surface area (Å²) in [6, 6.07) is 6.40. The van der Waals surface area contributed by atoms with Crippen LogP contribution in [0, 0.1) is 11.8 Å². The molecule has 0 aromatic heterocycles. The molecular weight excluding hydrogens is 451 g/mol. The van der Waals surface area contributed by atoms with Crippen LogP contribution in [-0.4, -0.2) is 19.5 Å². The molecule has 0 N–H and O–H groups in total. The molecule has 0 spiro atoms. The largest absolute Gasteiger partial charge is 0.454 e. The predicted molar refractivity (Wildman–Crippen MR) is 119 cm³/mol. The highest BCUT2D eigenvalue weighted by molar-refractivity contribution is 14.1. The lowest BCUT2D eigenvalue weighted by Gasteiger charge is -2.28. The standard InChI is InChI=1S/C23H33IO3/c1-3-4-7-18(17(2)9-11-20-8-5-6-13-25-20)14-21(24)19-10-12-22-23(15-19)27-16-26-22/h3-4,10,12,15,17-18,20-21H,5-9,11,13-14,16H2,1-2H3/b4-3+. The van der Waals surface area contributed by atoms with Gasteiger partial charge in [-0.05, 0) is 81.4 Å². The molecule has 2 aliphatic rings. The maximum atomic E-state index is 5.94. The van der Waals surface area contributed by atoms with Crippen LogP contribution in [0.25, 0.3) is 0 Å². The minimum atomic E-state index is 0.342. The Kier molecular flexibility index (Phi) is 8.31. The number of benzene rings is 1. The molecular formula is C23H33IO3. The molecule has 0 amide bonds. The Morgan fingerprint density at radius 3 is 2.85 bits per heavy atom. The molecule has 4 heteroatoms. The Balaban J connectivity index is 1.57. The first-order chi connectivity index (χ1) is 13.2. The highest BCUT2D eigenvalue weighted by Crippen LogP contribution is 2.41. The van der Waals surface area contributed by atoms with Crippen molar-refractivity contribution in [1.29, 1.82) is 0 Å². The maximum Gasteiger partial charge on any atom is 0.231 e. The molecule has 1 aromatic carbocycles. The number of rotatable bonds is 9. The first kappa shape index (κ1) is 21.0. The number of halogens is 1. The smallest absolute Gasteiger partial charge is 0.231 e. The molecule has 1 aromatic rings. The molecule has 1 fully saturated rings. The van der Waals surface area contributed by atoms with E-state index in [9.17, 15) is 0 Å². The van der Waals surface area contributed by atoms with E-state index in [1.54, 1.807) is 0 Å². The van der Waals surface area contributed by atoms with Crippen LogP contribution in [0.3, 0.4) is 0 Å². The molecule has 3 nitrogen and oxygen atoms in total. The van der Waals surface area contributed by atoms with Gasteiger partial charge >= 0.3 is 0 Å². The monoisotopic (exact) mass is 484 g/mol. The van der Waals surface area contributed by atoms with E-state index in [2.05, 4.69) is 60.7 Å². The lowest BCUT2D eigenvalue weighted by atomic mass is 9.82. The van der Waals surface area contributed by atoms with E-state index < -0.39 is 0 Å². The average molecular weight is 484 g/mol. The lowest BCUT2D eigenvalue weighted by Crippen LogP contribution is -2.21. The van der Waals surface area contributed by atoms with Crippen LogP contribution < -0.4 is 9.47 Å². The zero-order valence-electron chi connectivity index (χ0n) is 16.7. The van der Waals surface area contributed by atoms with Gasteiger partial charge in [0.25, 0.3) is 0 Å². The van der Waals surface area contributed by atoms with Crippen molar-refractivity contribution in [2.24, 2.45) is 11.8 Å². The topological polar surface area (TPSA) is 27.7 Å². The van der Waals surface area contributed by atoms with Crippen molar-refractivity contribution in [3.8, 4) is 11.5 Å². The minimum Gasteiger partial charge on any atom is -0.454 e. The van der Waals surface area contributed by atoms with Crippen LogP contribution in [0.15, 0.2) is 30.4 Å². The van der Waals surface area contributed by atoms with Gasteiger partial charge in [-0.1, -0.05) is 47.7 Å². The van der Waals surface area contributed by atoms with Crippen LogP contribution in [-0.2, 0) is 4.74 Å². The van der Waals surface area contributed by atoms with Crippen molar-refractivity contribution in [2.75, 3.05) is 13.4 Å². The number of hydrogen-bond donors (Lipinski definition) is 0. The molecule has 4 unspecified atom stereocenters. The zero-order chi connectivity index (χ0) is 19.1. The van der Waals surface area contributed by atoms with Gasteiger partial charge in [-0.25, -0.2) is 0 Å².